The molecule has 2 aromatic heterocycles. The molecular weight excluding hydrogens is 404 g/mol. The van der Waals surface area contributed by atoms with Crippen LogP contribution in [0.1, 0.15) is 81.2 Å². The van der Waals surface area contributed by atoms with E-state index in [0.717, 1.165) is 93.2 Å². The third-order valence-corrected chi connectivity index (χ3v) is 6.42. The highest BCUT2D eigenvalue weighted by Crippen LogP contribution is 2.23. The minimum Gasteiger partial charge on any atom is -0.444 e. The van der Waals surface area contributed by atoms with E-state index >= 15 is 0 Å². The Morgan fingerprint density at radius 3 is 2.56 bits per heavy atom. The number of guanidine groups is 1. The standard InChI is InChI=1S/C24H40N6O2/c1-6-20(7-2)22-13-21(32-29-22)15-27-24(25-8-3)26-14-19-9-11-30(12-10-19)16-23-28-17(4)18(5)31-23/h13,19-20H,6-12,14-16H2,1-5H3,(H2,25,26,27). The summed E-state index contributed by atoms with van der Waals surface area (Å²) in [6.07, 6.45) is 4.47. The van der Waals surface area contributed by atoms with Gasteiger partial charge in [0, 0.05) is 25.1 Å². The van der Waals surface area contributed by atoms with Crippen LogP contribution >= 0.6 is 0 Å². The maximum absolute atomic E-state index is 5.74. The molecule has 8 heteroatoms. The molecule has 0 unspecified atom stereocenters. The number of nitrogens with one attached hydrogen (secondary N) is 2. The van der Waals surface area contributed by atoms with Crippen LogP contribution in [0, 0.1) is 19.8 Å². The van der Waals surface area contributed by atoms with Crippen molar-refractivity contribution in [2.75, 3.05) is 26.2 Å². The molecule has 1 fully saturated rings. The van der Waals surface area contributed by atoms with Crippen LogP contribution < -0.4 is 10.6 Å². The first-order valence-electron chi connectivity index (χ1n) is 12.1. The smallest absolute Gasteiger partial charge is 0.208 e. The number of aromatic nitrogens is 2. The summed E-state index contributed by atoms with van der Waals surface area (Å²) in [6.45, 7) is 15.6. The molecule has 0 amide bonds. The number of likely N-dealkylation sites (tertiary alicyclic amines) is 1. The second kappa shape index (κ2) is 12.0. The summed E-state index contributed by atoms with van der Waals surface area (Å²) in [5.74, 6) is 4.50. The van der Waals surface area contributed by atoms with Crippen molar-refractivity contribution < 1.29 is 8.94 Å². The molecule has 1 aliphatic heterocycles. The fraction of sp³-hybridized carbons (Fsp3) is 0.708. The van der Waals surface area contributed by atoms with E-state index in [1.165, 1.54) is 0 Å². The van der Waals surface area contributed by atoms with E-state index in [-0.39, 0.29) is 0 Å². The first kappa shape index (κ1) is 24.3. The van der Waals surface area contributed by atoms with Gasteiger partial charge in [-0.05, 0) is 65.5 Å². The van der Waals surface area contributed by atoms with E-state index < -0.39 is 0 Å². The maximum Gasteiger partial charge on any atom is 0.208 e. The van der Waals surface area contributed by atoms with Gasteiger partial charge in [-0.3, -0.25) is 4.90 Å². The number of nitrogens with zero attached hydrogens (tertiary/aromatic N) is 4. The maximum atomic E-state index is 5.74. The van der Waals surface area contributed by atoms with Crippen molar-refractivity contribution in [3.05, 3.63) is 34.9 Å². The first-order chi connectivity index (χ1) is 15.5. The molecule has 178 valence electrons. The van der Waals surface area contributed by atoms with Gasteiger partial charge in [0.05, 0.1) is 17.9 Å². The van der Waals surface area contributed by atoms with Crippen molar-refractivity contribution in [3.63, 3.8) is 0 Å². The quantitative estimate of drug-likeness (QED) is 0.420. The van der Waals surface area contributed by atoms with Crippen LogP contribution in [-0.2, 0) is 13.1 Å². The van der Waals surface area contributed by atoms with Crippen molar-refractivity contribution in [1.82, 2.24) is 25.7 Å². The molecule has 0 radical (unpaired) electrons. The molecule has 3 heterocycles. The SMILES string of the molecule is CCNC(=NCc1cc(C(CC)CC)no1)NCC1CCN(Cc2nc(C)c(C)o2)CC1. The van der Waals surface area contributed by atoms with Crippen molar-refractivity contribution in [3.8, 4) is 0 Å². The highest BCUT2D eigenvalue weighted by Gasteiger charge is 2.21. The Bertz CT molecular complexity index is 827. The molecule has 0 aromatic carbocycles. The topological polar surface area (TPSA) is 91.7 Å². The summed E-state index contributed by atoms with van der Waals surface area (Å²) in [6, 6.07) is 2.05. The third-order valence-electron chi connectivity index (χ3n) is 6.42. The summed E-state index contributed by atoms with van der Waals surface area (Å²) < 4.78 is 11.2. The molecular formula is C24H40N6O2. The van der Waals surface area contributed by atoms with Crippen LogP contribution in [0.2, 0.25) is 0 Å². The van der Waals surface area contributed by atoms with Crippen LogP contribution in [0.15, 0.2) is 20.0 Å². The van der Waals surface area contributed by atoms with Crippen LogP contribution in [-0.4, -0.2) is 47.2 Å². The number of rotatable bonds is 10. The molecule has 2 aromatic rings. The van der Waals surface area contributed by atoms with E-state index in [0.29, 0.717) is 18.4 Å². The van der Waals surface area contributed by atoms with E-state index in [1.807, 2.05) is 13.8 Å². The second-order valence-electron chi connectivity index (χ2n) is 8.78. The molecule has 0 bridgehead atoms. The average Bonchev–Trinajstić information content (AvgIpc) is 3.38. The zero-order chi connectivity index (χ0) is 22.9. The lowest BCUT2D eigenvalue weighted by Crippen LogP contribution is -2.42. The Balaban J connectivity index is 1.44. The largest absolute Gasteiger partial charge is 0.444 e. The zero-order valence-electron chi connectivity index (χ0n) is 20.4. The number of aryl methyl sites for hydroxylation is 2. The van der Waals surface area contributed by atoms with Crippen LogP contribution in [0.25, 0.3) is 0 Å². The van der Waals surface area contributed by atoms with Crippen molar-refractivity contribution >= 4 is 5.96 Å². The fourth-order valence-corrected chi connectivity index (χ4v) is 4.19. The van der Waals surface area contributed by atoms with Gasteiger partial charge >= 0.3 is 0 Å². The summed E-state index contributed by atoms with van der Waals surface area (Å²) in [7, 11) is 0. The van der Waals surface area contributed by atoms with Crippen molar-refractivity contribution in [2.24, 2.45) is 10.9 Å². The van der Waals surface area contributed by atoms with Gasteiger partial charge in [0.2, 0.25) is 5.89 Å². The molecule has 2 N–H and O–H groups in total. The van der Waals surface area contributed by atoms with E-state index in [9.17, 15) is 0 Å². The Morgan fingerprint density at radius 1 is 1.19 bits per heavy atom. The monoisotopic (exact) mass is 444 g/mol. The number of aliphatic imine (C=N–C) groups is 1. The molecule has 8 nitrogen and oxygen atoms in total. The van der Waals surface area contributed by atoms with Crippen molar-refractivity contribution in [1.29, 1.82) is 0 Å². The van der Waals surface area contributed by atoms with Gasteiger partial charge in [-0.15, -0.1) is 0 Å². The van der Waals surface area contributed by atoms with E-state index in [1.54, 1.807) is 0 Å². The van der Waals surface area contributed by atoms with Crippen LogP contribution in [0.4, 0.5) is 0 Å². The lowest BCUT2D eigenvalue weighted by atomic mass is 9.97. The highest BCUT2D eigenvalue weighted by atomic mass is 16.5. The lowest BCUT2D eigenvalue weighted by Gasteiger charge is -2.31. The normalized spacial score (nSPS) is 16.1. The first-order valence-corrected chi connectivity index (χ1v) is 12.1. The van der Waals surface area contributed by atoms with Gasteiger partial charge in [0.25, 0.3) is 0 Å². The highest BCUT2D eigenvalue weighted by molar-refractivity contribution is 5.79. The fourth-order valence-electron chi connectivity index (χ4n) is 4.19. The van der Waals surface area contributed by atoms with Gasteiger partial charge in [-0.1, -0.05) is 19.0 Å². The molecule has 0 saturated carbocycles. The number of oxazole rings is 1. The van der Waals surface area contributed by atoms with Crippen LogP contribution in [0.5, 0.6) is 0 Å². The van der Waals surface area contributed by atoms with Gasteiger partial charge in [-0.2, -0.15) is 0 Å². The molecule has 3 rings (SSSR count). The predicted molar refractivity (Wildman–Crippen MR) is 127 cm³/mol. The average molecular weight is 445 g/mol. The molecule has 0 aliphatic carbocycles. The number of piperidine rings is 1. The minimum atomic E-state index is 0.463. The van der Waals surface area contributed by atoms with Crippen molar-refractivity contribution in [2.45, 2.75) is 79.3 Å². The third kappa shape index (κ3) is 6.82. The molecule has 1 saturated heterocycles. The number of hydrogen-bond donors (Lipinski definition) is 2. The predicted octanol–water partition coefficient (Wildman–Crippen LogP) is 4.15. The van der Waals surface area contributed by atoms with E-state index in [2.05, 4.69) is 52.5 Å². The van der Waals surface area contributed by atoms with Gasteiger partial charge in [-0.25, -0.2) is 9.98 Å². The Hall–Kier alpha value is -2.35. The lowest BCUT2D eigenvalue weighted by molar-refractivity contribution is 0.164. The molecule has 0 spiro atoms. The second-order valence-corrected chi connectivity index (χ2v) is 8.78. The van der Waals surface area contributed by atoms with E-state index in [4.69, 9.17) is 13.9 Å². The zero-order valence-corrected chi connectivity index (χ0v) is 20.4. The van der Waals surface area contributed by atoms with Gasteiger partial charge < -0.3 is 19.6 Å². The Kier molecular flexibility index (Phi) is 9.14. The Morgan fingerprint density at radius 2 is 1.94 bits per heavy atom. The molecule has 0 atom stereocenters. The summed E-state index contributed by atoms with van der Waals surface area (Å²) >= 11 is 0. The molecule has 1 aliphatic rings. The summed E-state index contributed by atoms with van der Waals surface area (Å²) in [4.78, 5) is 11.6. The van der Waals surface area contributed by atoms with Gasteiger partial charge in [0.1, 0.15) is 12.3 Å². The molecule has 32 heavy (non-hydrogen) atoms. The number of hydrogen-bond acceptors (Lipinski definition) is 6. The minimum absolute atomic E-state index is 0.463. The van der Waals surface area contributed by atoms with Gasteiger partial charge in [0.15, 0.2) is 11.7 Å². The Labute approximate surface area is 192 Å². The summed E-state index contributed by atoms with van der Waals surface area (Å²) in [5.41, 5.74) is 2.03. The van der Waals surface area contributed by atoms with Crippen LogP contribution in [0.3, 0.4) is 0 Å². The summed E-state index contributed by atoms with van der Waals surface area (Å²) in [5, 5.41) is 11.1.